The van der Waals surface area contributed by atoms with E-state index in [1.54, 1.807) is 0 Å². The minimum absolute atomic E-state index is 0.587. The summed E-state index contributed by atoms with van der Waals surface area (Å²) in [5.41, 5.74) is 12.3. The summed E-state index contributed by atoms with van der Waals surface area (Å²) in [6.07, 6.45) is 0. The van der Waals surface area contributed by atoms with Crippen LogP contribution >= 0.6 is 0 Å². The summed E-state index contributed by atoms with van der Waals surface area (Å²) in [5, 5.41) is 2.14. The van der Waals surface area contributed by atoms with E-state index in [0.717, 1.165) is 72.0 Å². The maximum atomic E-state index is 6.80. The maximum absolute atomic E-state index is 6.80. The summed E-state index contributed by atoms with van der Waals surface area (Å²) in [6.45, 7) is 2.11. The second-order valence-electron chi connectivity index (χ2n) is 12.5. The molecule has 0 aliphatic heterocycles. The Labute approximate surface area is 290 Å². The van der Waals surface area contributed by atoms with Gasteiger partial charge in [0.2, 0.25) is 0 Å². The SMILES string of the molecule is Cc1cccc(-c2cccc(-c3nc(-c4ccccc4)nc(-c4ccc5c(c4)oc4c(-c6ccccc6)ccc(-c6ccccc6)c45)n3)c2)c1. The number of hydrogen-bond donors (Lipinski definition) is 0. The average molecular weight is 642 g/mol. The zero-order valence-electron chi connectivity index (χ0n) is 27.4. The molecule has 0 radical (unpaired) electrons. The fourth-order valence-electron chi connectivity index (χ4n) is 6.73. The number of nitrogens with zero attached hydrogens (tertiary/aromatic N) is 3. The van der Waals surface area contributed by atoms with E-state index in [1.165, 1.54) is 5.56 Å². The van der Waals surface area contributed by atoms with Crippen molar-refractivity contribution in [2.24, 2.45) is 0 Å². The smallest absolute Gasteiger partial charge is 0.164 e. The van der Waals surface area contributed by atoms with Crippen molar-refractivity contribution in [3.05, 3.63) is 175 Å². The van der Waals surface area contributed by atoms with Crippen LogP contribution in [-0.2, 0) is 0 Å². The topological polar surface area (TPSA) is 51.8 Å². The molecule has 2 heterocycles. The van der Waals surface area contributed by atoms with Gasteiger partial charge in [-0.3, -0.25) is 0 Å². The van der Waals surface area contributed by atoms with Crippen LogP contribution in [0.1, 0.15) is 5.56 Å². The molecule has 50 heavy (non-hydrogen) atoms. The first-order chi connectivity index (χ1) is 24.7. The van der Waals surface area contributed by atoms with Gasteiger partial charge in [-0.2, -0.15) is 0 Å². The van der Waals surface area contributed by atoms with Gasteiger partial charge in [0.05, 0.1) is 0 Å². The zero-order valence-corrected chi connectivity index (χ0v) is 27.4. The van der Waals surface area contributed by atoms with Gasteiger partial charge in [0.1, 0.15) is 11.2 Å². The normalized spacial score (nSPS) is 11.3. The highest BCUT2D eigenvalue weighted by Gasteiger charge is 2.19. The lowest BCUT2D eigenvalue weighted by Gasteiger charge is -2.10. The fraction of sp³-hybridized carbons (Fsp3) is 0.0217. The lowest BCUT2D eigenvalue weighted by Crippen LogP contribution is -2.00. The summed E-state index contributed by atoms with van der Waals surface area (Å²) < 4.78 is 6.80. The first-order valence-electron chi connectivity index (χ1n) is 16.8. The molecule has 2 aromatic heterocycles. The molecule has 0 spiro atoms. The molecule has 4 nitrogen and oxygen atoms in total. The molecule has 0 N–H and O–H groups in total. The molecule has 9 rings (SSSR count). The van der Waals surface area contributed by atoms with Crippen LogP contribution in [-0.4, -0.2) is 15.0 Å². The Hall–Kier alpha value is -6.65. The van der Waals surface area contributed by atoms with E-state index >= 15 is 0 Å². The van der Waals surface area contributed by atoms with Gasteiger partial charge in [0.25, 0.3) is 0 Å². The van der Waals surface area contributed by atoms with Gasteiger partial charge >= 0.3 is 0 Å². The van der Waals surface area contributed by atoms with Crippen LogP contribution in [0.5, 0.6) is 0 Å². The van der Waals surface area contributed by atoms with Crippen molar-refractivity contribution in [1.29, 1.82) is 0 Å². The van der Waals surface area contributed by atoms with Crippen LogP contribution in [0.25, 0.3) is 89.5 Å². The number of rotatable bonds is 6. The summed E-state index contributed by atoms with van der Waals surface area (Å²) in [5.74, 6) is 1.82. The van der Waals surface area contributed by atoms with Crippen LogP contribution in [0.2, 0.25) is 0 Å². The highest BCUT2D eigenvalue weighted by Crippen LogP contribution is 2.42. The van der Waals surface area contributed by atoms with Crippen LogP contribution in [0.15, 0.2) is 174 Å². The number of hydrogen-bond acceptors (Lipinski definition) is 4. The quantitative estimate of drug-likeness (QED) is 0.181. The molecule has 0 fully saturated rings. The van der Waals surface area contributed by atoms with Gasteiger partial charge in [0, 0.05) is 33.0 Å². The van der Waals surface area contributed by atoms with Gasteiger partial charge in [-0.05, 0) is 59.0 Å². The third-order valence-corrected chi connectivity index (χ3v) is 9.19. The van der Waals surface area contributed by atoms with Crippen molar-refractivity contribution in [3.63, 3.8) is 0 Å². The minimum Gasteiger partial charge on any atom is -0.455 e. The highest BCUT2D eigenvalue weighted by atomic mass is 16.3. The lowest BCUT2D eigenvalue weighted by molar-refractivity contribution is 0.670. The number of benzene rings is 7. The van der Waals surface area contributed by atoms with Gasteiger partial charge in [0.15, 0.2) is 17.5 Å². The Balaban J connectivity index is 1.23. The molecule has 0 saturated carbocycles. The van der Waals surface area contributed by atoms with Gasteiger partial charge in [-0.15, -0.1) is 0 Å². The van der Waals surface area contributed by atoms with Crippen molar-refractivity contribution in [3.8, 4) is 67.5 Å². The molecule has 0 aliphatic carbocycles. The molecule has 0 unspecified atom stereocenters. The van der Waals surface area contributed by atoms with E-state index in [2.05, 4.69) is 134 Å². The maximum Gasteiger partial charge on any atom is 0.164 e. The number of fused-ring (bicyclic) bond motifs is 3. The van der Waals surface area contributed by atoms with Crippen molar-refractivity contribution < 1.29 is 4.42 Å². The van der Waals surface area contributed by atoms with E-state index in [9.17, 15) is 0 Å². The second-order valence-corrected chi connectivity index (χ2v) is 12.5. The Morgan fingerprint density at radius 2 is 0.880 bits per heavy atom. The van der Waals surface area contributed by atoms with Crippen molar-refractivity contribution in [2.75, 3.05) is 0 Å². The molecule has 4 heteroatoms. The van der Waals surface area contributed by atoms with Crippen LogP contribution in [0, 0.1) is 6.92 Å². The van der Waals surface area contributed by atoms with Crippen molar-refractivity contribution in [2.45, 2.75) is 6.92 Å². The Bertz CT molecular complexity index is 2650. The zero-order chi connectivity index (χ0) is 33.4. The third kappa shape index (κ3) is 5.43. The number of aromatic nitrogens is 3. The van der Waals surface area contributed by atoms with Crippen LogP contribution in [0.3, 0.4) is 0 Å². The summed E-state index contributed by atoms with van der Waals surface area (Å²) in [4.78, 5) is 15.1. The molecule has 0 aliphatic rings. The predicted molar refractivity (Wildman–Crippen MR) is 204 cm³/mol. The third-order valence-electron chi connectivity index (χ3n) is 9.19. The van der Waals surface area contributed by atoms with E-state index in [0.29, 0.717) is 17.5 Å². The van der Waals surface area contributed by atoms with E-state index in [1.807, 2.05) is 42.5 Å². The average Bonchev–Trinajstić information content (AvgIpc) is 3.57. The van der Waals surface area contributed by atoms with E-state index in [4.69, 9.17) is 19.4 Å². The largest absolute Gasteiger partial charge is 0.455 e. The van der Waals surface area contributed by atoms with Crippen molar-refractivity contribution >= 4 is 21.9 Å². The molecule has 0 atom stereocenters. The van der Waals surface area contributed by atoms with Gasteiger partial charge in [-0.25, -0.2) is 15.0 Å². The minimum atomic E-state index is 0.587. The molecular formula is C46H31N3O. The van der Waals surface area contributed by atoms with Gasteiger partial charge < -0.3 is 4.42 Å². The molecule has 0 saturated heterocycles. The Morgan fingerprint density at radius 1 is 0.380 bits per heavy atom. The van der Waals surface area contributed by atoms with E-state index in [-0.39, 0.29) is 0 Å². The van der Waals surface area contributed by atoms with Crippen LogP contribution in [0.4, 0.5) is 0 Å². The Kier molecular flexibility index (Phi) is 7.33. The summed E-state index contributed by atoms with van der Waals surface area (Å²) in [7, 11) is 0. The molecule has 236 valence electrons. The predicted octanol–water partition coefficient (Wildman–Crippen LogP) is 12.1. The molecule has 0 bridgehead atoms. The first-order valence-corrected chi connectivity index (χ1v) is 16.8. The number of furan rings is 1. The monoisotopic (exact) mass is 641 g/mol. The summed E-state index contributed by atoms with van der Waals surface area (Å²) in [6, 6.07) is 58.6. The molecule has 9 aromatic rings. The Morgan fingerprint density at radius 3 is 1.54 bits per heavy atom. The van der Waals surface area contributed by atoms with Crippen molar-refractivity contribution in [1.82, 2.24) is 15.0 Å². The molecular weight excluding hydrogens is 611 g/mol. The number of aryl methyl sites for hydroxylation is 1. The lowest BCUT2D eigenvalue weighted by atomic mass is 9.94. The molecule has 0 amide bonds. The fourth-order valence-corrected chi connectivity index (χ4v) is 6.73. The van der Waals surface area contributed by atoms with Crippen LogP contribution < -0.4 is 0 Å². The standard InChI is InChI=1S/C46H31N3O/c1-30-13-11-20-34(27-30)35-21-12-22-36(28-35)45-47-44(33-18-9-4-10-19-33)48-46(49-45)37-23-24-40-41(29-37)50-43-39(32-16-7-3-8-17-32)26-25-38(42(40)43)31-14-5-2-6-15-31/h2-29H,1H3. The second kappa shape index (κ2) is 12.4. The van der Waals surface area contributed by atoms with E-state index < -0.39 is 0 Å². The van der Waals surface area contributed by atoms with Gasteiger partial charge in [-0.1, -0.05) is 151 Å². The molecule has 7 aromatic carbocycles. The summed E-state index contributed by atoms with van der Waals surface area (Å²) >= 11 is 0. The first kappa shape index (κ1) is 29.5. The highest BCUT2D eigenvalue weighted by molar-refractivity contribution is 6.16.